The summed E-state index contributed by atoms with van der Waals surface area (Å²) in [6.07, 6.45) is 0.174. The van der Waals surface area contributed by atoms with Gasteiger partial charge in [0.15, 0.2) is 5.78 Å². The van der Waals surface area contributed by atoms with Crippen molar-refractivity contribution in [3.05, 3.63) is 35.9 Å². The number of ketones is 1. The number of carbonyl (C=O) groups is 1. The number of carbonyl (C=O) groups excluding carboxylic acids is 1. The first-order valence-corrected chi connectivity index (χ1v) is 4.27. The minimum atomic E-state index is -0.854. The Morgan fingerprint density at radius 3 is 2.64 bits per heavy atom. The lowest BCUT2D eigenvalue weighted by Crippen LogP contribution is -2.42. The molecule has 1 atom stereocenters. The van der Waals surface area contributed by atoms with E-state index in [1.807, 2.05) is 18.2 Å². The van der Waals surface area contributed by atoms with E-state index in [0.717, 1.165) is 0 Å². The van der Waals surface area contributed by atoms with Crippen molar-refractivity contribution in [1.29, 1.82) is 0 Å². The van der Waals surface area contributed by atoms with Crippen LogP contribution in [0.25, 0.3) is 0 Å². The second-order valence-corrected chi connectivity index (χ2v) is 3.14. The number of hydrazine groups is 1. The number of Topliss-reactive ketones (excluding diaryl/α,β-unsaturated/α-hetero) is 1. The molecule has 5 heteroatoms. The molecule has 1 aromatic carbocycles. The van der Waals surface area contributed by atoms with Crippen molar-refractivity contribution in [3.8, 4) is 0 Å². The van der Waals surface area contributed by atoms with Gasteiger partial charge in [-0.1, -0.05) is 30.3 Å². The van der Waals surface area contributed by atoms with Gasteiger partial charge in [-0.25, -0.2) is 5.43 Å². The van der Waals surface area contributed by atoms with E-state index in [9.17, 15) is 4.79 Å². The van der Waals surface area contributed by atoms with Gasteiger partial charge in [-0.3, -0.25) is 15.5 Å². The monoisotopic (exact) mass is 193 g/mol. The maximum absolute atomic E-state index is 11.6. The molecular formula is C9H11N3O2. The normalized spacial score (nSPS) is 24.6. The number of nitrogens with two attached hydrogens (primary N) is 1. The first-order chi connectivity index (χ1) is 6.76. The maximum atomic E-state index is 11.6. The van der Waals surface area contributed by atoms with Crippen LogP contribution in [0.5, 0.6) is 0 Å². The Morgan fingerprint density at radius 1 is 1.50 bits per heavy atom. The average molecular weight is 193 g/mol. The lowest BCUT2D eigenvalue weighted by Gasteiger charge is -2.06. The van der Waals surface area contributed by atoms with Crippen molar-refractivity contribution in [2.45, 2.75) is 12.3 Å². The summed E-state index contributed by atoms with van der Waals surface area (Å²) in [7, 11) is 0. The standard InChI is InChI=1S/C9H11N3O2/c10-11-9(12-14-9)6-8(13)7-4-2-1-3-5-7/h1-5,11-12H,6,10H2. The first-order valence-electron chi connectivity index (χ1n) is 4.27. The van der Waals surface area contributed by atoms with E-state index in [4.69, 9.17) is 10.7 Å². The molecule has 2 rings (SSSR count). The molecule has 5 nitrogen and oxygen atoms in total. The Bertz CT molecular complexity index is 335. The summed E-state index contributed by atoms with van der Waals surface area (Å²) in [4.78, 5) is 16.5. The molecule has 14 heavy (non-hydrogen) atoms. The largest absolute Gasteiger partial charge is 0.294 e. The van der Waals surface area contributed by atoms with Gasteiger partial charge in [0.05, 0.1) is 6.42 Å². The van der Waals surface area contributed by atoms with Gasteiger partial charge in [-0.15, -0.1) is 0 Å². The van der Waals surface area contributed by atoms with Gasteiger partial charge in [0, 0.05) is 5.56 Å². The molecule has 1 unspecified atom stereocenters. The molecule has 4 N–H and O–H groups in total. The predicted molar refractivity (Wildman–Crippen MR) is 49.7 cm³/mol. The zero-order valence-electron chi connectivity index (χ0n) is 7.49. The number of hydrogen-bond donors (Lipinski definition) is 3. The summed E-state index contributed by atoms with van der Waals surface area (Å²) >= 11 is 0. The van der Waals surface area contributed by atoms with E-state index >= 15 is 0 Å². The van der Waals surface area contributed by atoms with Crippen molar-refractivity contribution in [1.82, 2.24) is 10.9 Å². The van der Waals surface area contributed by atoms with Crippen LogP contribution in [0.4, 0.5) is 0 Å². The van der Waals surface area contributed by atoms with Crippen molar-refractivity contribution in [2.24, 2.45) is 5.84 Å². The molecule has 0 bridgehead atoms. The first kappa shape index (κ1) is 9.29. The molecule has 0 radical (unpaired) electrons. The SMILES string of the molecule is NNC1(CC(=O)c2ccccc2)NO1. The molecular weight excluding hydrogens is 182 g/mol. The Kier molecular flexibility index (Phi) is 2.30. The smallest absolute Gasteiger partial charge is 0.234 e. The van der Waals surface area contributed by atoms with Gasteiger partial charge < -0.3 is 0 Å². The minimum Gasteiger partial charge on any atom is -0.294 e. The van der Waals surface area contributed by atoms with Gasteiger partial charge in [0.25, 0.3) is 0 Å². The lowest BCUT2D eigenvalue weighted by molar-refractivity contribution is 0.0929. The highest BCUT2D eigenvalue weighted by Crippen LogP contribution is 2.21. The molecule has 74 valence electrons. The van der Waals surface area contributed by atoms with Crippen LogP contribution in [0, 0.1) is 0 Å². The molecule has 1 aromatic rings. The second-order valence-electron chi connectivity index (χ2n) is 3.14. The van der Waals surface area contributed by atoms with Crippen LogP contribution in [0.2, 0.25) is 0 Å². The highest BCUT2D eigenvalue weighted by molar-refractivity contribution is 5.96. The van der Waals surface area contributed by atoms with Crippen LogP contribution in [-0.4, -0.2) is 11.6 Å². The molecule has 1 aliphatic heterocycles. The molecule has 0 aromatic heterocycles. The maximum Gasteiger partial charge on any atom is 0.234 e. The predicted octanol–water partition coefficient (Wildman–Crippen LogP) is -0.0887. The molecule has 1 heterocycles. The fraction of sp³-hybridized carbons (Fsp3) is 0.222. The zero-order valence-corrected chi connectivity index (χ0v) is 7.49. The van der Waals surface area contributed by atoms with Crippen LogP contribution in [-0.2, 0) is 4.84 Å². The third kappa shape index (κ3) is 1.80. The summed E-state index contributed by atoms with van der Waals surface area (Å²) in [6.45, 7) is 0. The van der Waals surface area contributed by atoms with Crippen molar-refractivity contribution < 1.29 is 9.63 Å². The number of rotatable bonds is 4. The molecule has 0 spiro atoms. The number of hydrogen-bond acceptors (Lipinski definition) is 5. The summed E-state index contributed by atoms with van der Waals surface area (Å²) < 4.78 is 0. The minimum absolute atomic E-state index is 0.0199. The van der Waals surface area contributed by atoms with E-state index in [0.29, 0.717) is 5.56 Å². The summed E-state index contributed by atoms with van der Waals surface area (Å²) in [6, 6.07) is 9.01. The van der Waals surface area contributed by atoms with Crippen LogP contribution >= 0.6 is 0 Å². The second kappa shape index (κ2) is 3.47. The molecule has 1 fully saturated rings. The fourth-order valence-electron chi connectivity index (χ4n) is 1.20. The Balaban J connectivity index is 2.03. The molecule has 0 aliphatic carbocycles. The van der Waals surface area contributed by atoms with Crippen molar-refractivity contribution in [2.75, 3.05) is 0 Å². The number of nitrogens with one attached hydrogen (secondary N) is 2. The summed E-state index contributed by atoms with van der Waals surface area (Å²) in [5.74, 6) is 4.33. The van der Waals surface area contributed by atoms with E-state index in [-0.39, 0.29) is 12.2 Å². The quantitative estimate of drug-likeness (QED) is 0.269. The van der Waals surface area contributed by atoms with Crippen LogP contribution < -0.4 is 16.7 Å². The van der Waals surface area contributed by atoms with Crippen molar-refractivity contribution in [3.63, 3.8) is 0 Å². The highest BCUT2D eigenvalue weighted by Gasteiger charge is 2.46. The van der Waals surface area contributed by atoms with Gasteiger partial charge in [0.1, 0.15) is 0 Å². The fourth-order valence-corrected chi connectivity index (χ4v) is 1.20. The van der Waals surface area contributed by atoms with E-state index in [2.05, 4.69) is 10.9 Å². The third-order valence-corrected chi connectivity index (χ3v) is 2.09. The van der Waals surface area contributed by atoms with Gasteiger partial charge in [-0.2, -0.15) is 5.48 Å². The van der Waals surface area contributed by atoms with E-state index in [1.54, 1.807) is 12.1 Å². The lowest BCUT2D eigenvalue weighted by atomic mass is 10.1. The summed E-state index contributed by atoms with van der Waals surface area (Å²) in [5, 5.41) is 0. The van der Waals surface area contributed by atoms with E-state index in [1.165, 1.54) is 0 Å². The number of benzene rings is 1. The highest BCUT2D eigenvalue weighted by atomic mass is 16.8. The molecule has 1 saturated heterocycles. The Labute approximate surface area is 81.2 Å². The van der Waals surface area contributed by atoms with E-state index < -0.39 is 5.85 Å². The molecule has 1 aliphatic rings. The van der Waals surface area contributed by atoms with Crippen LogP contribution in [0.1, 0.15) is 16.8 Å². The van der Waals surface area contributed by atoms with Crippen LogP contribution in [0.3, 0.4) is 0 Å². The van der Waals surface area contributed by atoms with Gasteiger partial charge >= 0.3 is 0 Å². The molecule has 0 amide bonds. The number of hydroxylamine groups is 1. The third-order valence-electron chi connectivity index (χ3n) is 2.09. The van der Waals surface area contributed by atoms with Crippen molar-refractivity contribution >= 4 is 5.78 Å². The molecule has 0 saturated carbocycles. The summed E-state index contributed by atoms with van der Waals surface area (Å²) in [5.41, 5.74) is 5.59. The van der Waals surface area contributed by atoms with Gasteiger partial charge in [-0.05, 0) is 0 Å². The Morgan fingerprint density at radius 2 is 2.14 bits per heavy atom. The van der Waals surface area contributed by atoms with Crippen LogP contribution in [0.15, 0.2) is 30.3 Å². The Hall–Kier alpha value is -1.27. The van der Waals surface area contributed by atoms with Gasteiger partial charge in [0.2, 0.25) is 5.85 Å². The average Bonchev–Trinajstić information content (AvgIpc) is 3.00. The zero-order chi connectivity index (χ0) is 10.0. The topological polar surface area (TPSA) is 89.6 Å².